The predicted octanol–water partition coefficient (Wildman–Crippen LogP) is 2.88. The minimum Gasteiger partial charge on any atom is -0.444 e. The van der Waals surface area contributed by atoms with Crippen LogP contribution in [0.1, 0.15) is 73.1 Å². The maximum atomic E-state index is 14.1. The van der Waals surface area contributed by atoms with Crippen molar-refractivity contribution in [2.75, 3.05) is 13.1 Å². The summed E-state index contributed by atoms with van der Waals surface area (Å²) in [5, 5.41) is 8.06. The monoisotopic (exact) mass is 558 g/mol. The van der Waals surface area contributed by atoms with Gasteiger partial charge < -0.3 is 25.6 Å². The highest BCUT2D eigenvalue weighted by Crippen LogP contribution is 2.65. The van der Waals surface area contributed by atoms with Crippen LogP contribution >= 0.6 is 0 Å². The molecule has 3 aliphatic rings. The standard InChI is InChI=1S/C30H46N4O6/c1-8-10-15-20(24(35)26(37)31-16-9-2)32-25(36)23-21-19(30(21,6)7)17-34(23)27(38)22(18-13-11-12-14-18)33-28(39)40-29(3,4)5/h8-9,18-23H,1-2,10-17H2,3-7H3,(H,31,37)(H,32,36)(H,33,39)/t19-,20?,21-,22+,23+/m1/s1. The number of nitrogens with one attached hydrogen (secondary N) is 3. The largest absolute Gasteiger partial charge is 0.444 e. The van der Waals surface area contributed by atoms with Crippen molar-refractivity contribution in [1.29, 1.82) is 0 Å². The van der Waals surface area contributed by atoms with Crippen LogP contribution in [0.4, 0.5) is 4.79 Å². The number of allylic oxidation sites excluding steroid dienone is 1. The minimum absolute atomic E-state index is 0.0517. The van der Waals surface area contributed by atoms with Crippen molar-refractivity contribution in [2.24, 2.45) is 23.2 Å². The summed E-state index contributed by atoms with van der Waals surface area (Å²) in [7, 11) is 0. The maximum Gasteiger partial charge on any atom is 0.408 e. The van der Waals surface area contributed by atoms with Crippen LogP contribution < -0.4 is 16.0 Å². The number of ketones is 1. The van der Waals surface area contributed by atoms with Crippen LogP contribution in [-0.2, 0) is 23.9 Å². The van der Waals surface area contributed by atoms with Crippen LogP contribution in [0.25, 0.3) is 0 Å². The second-order valence-corrected chi connectivity index (χ2v) is 12.8. The molecule has 0 aromatic heterocycles. The number of likely N-dealkylation sites (tertiary alicyclic amines) is 1. The van der Waals surface area contributed by atoms with Gasteiger partial charge in [-0.15, -0.1) is 13.2 Å². The lowest BCUT2D eigenvalue weighted by Gasteiger charge is -2.35. The van der Waals surface area contributed by atoms with Gasteiger partial charge in [0, 0.05) is 13.1 Å². The van der Waals surface area contributed by atoms with Gasteiger partial charge in [0.2, 0.25) is 17.6 Å². The molecule has 1 unspecified atom stereocenters. The van der Waals surface area contributed by atoms with E-state index in [1.54, 1.807) is 31.7 Å². The first-order valence-corrected chi connectivity index (χ1v) is 14.4. The first kappa shape index (κ1) is 31.4. The van der Waals surface area contributed by atoms with Gasteiger partial charge in [-0.2, -0.15) is 0 Å². The zero-order valence-corrected chi connectivity index (χ0v) is 24.6. The Hall–Kier alpha value is -3.17. The Bertz CT molecular complexity index is 1030. The molecule has 3 fully saturated rings. The van der Waals surface area contributed by atoms with Crippen LogP contribution in [0, 0.1) is 23.2 Å². The molecular formula is C30H46N4O6. The van der Waals surface area contributed by atoms with Gasteiger partial charge in [-0.3, -0.25) is 19.2 Å². The lowest BCUT2D eigenvalue weighted by atomic mass is 9.94. The lowest BCUT2D eigenvalue weighted by Crippen LogP contribution is -2.59. The molecular weight excluding hydrogens is 512 g/mol. The highest BCUT2D eigenvalue weighted by molar-refractivity contribution is 6.38. The van der Waals surface area contributed by atoms with Crippen LogP contribution in [0.5, 0.6) is 0 Å². The van der Waals surface area contributed by atoms with E-state index < -0.39 is 47.4 Å². The molecule has 1 saturated heterocycles. The molecule has 0 aromatic carbocycles. The number of alkyl carbamates (subject to hydrolysis) is 1. The van der Waals surface area contributed by atoms with Gasteiger partial charge in [0.1, 0.15) is 17.7 Å². The second-order valence-electron chi connectivity index (χ2n) is 12.8. The maximum absolute atomic E-state index is 14.1. The van der Waals surface area contributed by atoms with E-state index in [9.17, 15) is 24.0 Å². The van der Waals surface area contributed by atoms with E-state index in [0.717, 1.165) is 25.7 Å². The summed E-state index contributed by atoms with van der Waals surface area (Å²) in [6.45, 7) is 17.2. The molecule has 3 rings (SSSR count). The Balaban J connectivity index is 1.83. The van der Waals surface area contributed by atoms with Gasteiger partial charge in [-0.05, 0) is 69.6 Å². The lowest BCUT2D eigenvalue weighted by molar-refractivity contribution is -0.144. The number of hydrogen-bond acceptors (Lipinski definition) is 6. The molecule has 10 nitrogen and oxygen atoms in total. The van der Waals surface area contributed by atoms with Gasteiger partial charge in [0.15, 0.2) is 0 Å². The minimum atomic E-state index is -1.06. The number of fused-ring (bicyclic) bond motifs is 1. The summed E-state index contributed by atoms with van der Waals surface area (Å²) < 4.78 is 5.46. The Morgan fingerprint density at radius 1 is 1.05 bits per heavy atom. The van der Waals surface area contributed by atoms with Crippen molar-refractivity contribution in [1.82, 2.24) is 20.9 Å². The van der Waals surface area contributed by atoms with E-state index in [4.69, 9.17) is 4.74 Å². The normalized spacial score (nSPS) is 24.7. The molecule has 3 N–H and O–H groups in total. The van der Waals surface area contributed by atoms with Crippen molar-refractivity contribution in [3.63, 3.8) is 0 Å². The van der Waals surface area contributed by atoms with Gasteiger partial charge in [0.05, 0.1) is 6.04 Å². The van der Waals surface area contributed by atoms with Crippen molar-refractivity contribution in [3.8, 4) is 0 Å². The molecule has 5 atom stereocenters. The van der Waals surface area contributed by atoms with E-state index in [0.29, 0.717) is 13.0 Å². The van der Waals surface area contributed by atoms with Crippen LogP contribution in [0.15, 0.2) is 25.3 Å². The Morgan fingerprint density at radius 3 is 2.27 bits per heavy atom. The Labute approximate surface area is 237 Å². The number of amides is 4. The molecule has 40 heavy (non-hydrogen) atoms. The SMILES string of the molecule is C=CCCC(NC(=O)[C@@H]1[C@H]2[C@@H](CN1C(=O)[C@@H](NC(=O)OC(C)(C)C)C1CCCC1)C2(C)C)C(=O)C(=O)NCC=C. The third-order valence-corrected chi connectivity index (χ3v) is 8.49. The highest BCUT2D eigenvalue weighted by atomic mass is 16.6. The van der Waals surface area contributed by atoms with Crippen LogP contribution in [0.3, 0.4) is 0 Å². The van der Waals surface area contributed by atoms with Crippen LogP contribution in [-0.4, -0.2) is 71.3 Å². The summed E-state index contributed by atoms with van der Waals surface area (Å²) in [6, 6.07) is -2.68. The second kappa shape index (κ2) is 12.6. The molecule has 0 bridgehead atoms. The van der Waals surface area contributed by atoms with Crippen molar-refractivity contribution in [2.45, 2.75) is 96.9 Å². The zero-order chi connectivity index (χ0) is 29.8. The molecule has 1 aliphatic heterocycles. The Morgan fingerprint density at radius 2 is 1.70 bits per heavy atom. The van der Waals surface area contributed by atoms with Gasteiger partial charge >= 0.3 is 6.09 Å². The molecule has 10 heteroatoms. The summed E-state index contributed by atoms with van der Waals surface area (Å²) in [4.78, 5) is 67.5. The predicted molar refractivity (Wildman–Crippen MR) is 151 cm³/mol. The van der Waals surface area contributed by atoms with E-state index in [1.807, 2.05) is 0 Å². The van der Waals surface area contributed by atoms with Crippen molar-refractivity contribution < 1.29 is 28.7 Å². The smallest absolute Gasteiger partial charge is 0.408 e. The summed E-state index contributed by atoms with van der Waals surface area (Å²) in [6.07, 6.45) is 6.57. The summed E-state index contributed by atoms with van der Waals surface area (Å²) in [5.41, 5.74) is -0.873. The van der Waals surface area contributed by atoms with Gasteiger partial charge in [-0.1, -0.05) is 38.8 Å². The van der Waals surface area contributed by atoms with Crippen molar-refractivity contribution in [3.05, 3.63) is 25.3 Å². The molecule has 0 radical (unpaired) electrons. The number of ether oxygens (including phenoxy) is 1. The quantitative estimate of drug-likeness (QED) is 0.249. The first-order valence-electron chi connectivity index (χ1n) is 14.4. The summed E-state index contributed by atoms with van der Waals surface area (Å²) >= 11 is 0. The number of carbonyl (C=O) groups is 5. The molecule has 2 saturated carbocycles. The fraction of sp³-hybridized carbons (Fsp3) is 0.700. The number of Topliss-reactive ketones (excluding diaryl/α,β-unsaturated/α-hetero) is 1. The topological polar surface area (TPSA) is 134 Å². The molecule has 4 amide bonds. The van der Waals surface area contributed by atoms with Gasteiger partial charge in [0.25, 0.3) is 5.91 Å². The van der Waals surface area contributed by atoms with E-state index in [1.165, 1.54) is 6.08 Å². The first-order chi connectivity index (χ1) is 18.7. The zero-order valence-electron chi connectivity index (χ0n) is 24.6. The number of rotatable bonds is 12. The average molecular weight is 559 g/mol. The van der Waals surface area contributed by atoms with Gasteiger partial charge in [-0.25, -0.2) is 4.79 Å². The molecule has 222 valence electrons. The molecule has 2 aliphatic carbocycles. The number of carbonyl (C=O) groups excluding carboxylic acids is 5. The third kappa shape index (κ3) is 7.12. The van der Waals surface area contributed by atoms with Crippen LogP contribution in [0.2, 0.25) is 0 Å². The molecule has 0 aromatic rings. The van der Waals surface area contributed by atoms with E-state index in [2.05, 4.69) is 43.0 Å². The number of hydrogen-bond donors (Lipinski definition) is 3. The number of piperidine rings is 1. The molecule has 0 spiro atoms. The number of nitrogens with zero attached hydrogens (tertiary/aromatic N) is 1. The third-order valence-electron chi connectivity index (χ3n) is 8.49. The van der Waals surface area contributed by atoms with E-state index >= 15 is 0 Å². The average Bonchev–Trinajstić information content (AvgIpc) is 3.33. The Kier molecular flexibility index (Phi) is 9.85. The van der Waals surface area contributed by atoms with Crippen molar-refractivity contribution >= 4 is 29.6 Å². The fourth-order valence-corrected chi connectivity index (χ4v) is 6.32. The summed E-state index contributed by atoms with van der Waals surface area (Å²) in [5.74, 6) is -2.35. The molecule has 1 heterocycles. The highest BCUT2D eigenvalue weighted by Gasteiger charge is 2.69. The van der Waals surface area contributed by atoms with E-state index in [-0.39, 0.29) is 42.0 Å². The fourth-order valence-electron chi connectivity index (χ4n) is 6.32.